The molecule has 0 amide bonds. The fourth-order valence-electron chi connectivity index (χ4n) is 0.199. The molecular formula is C3HBrClF5O. The fraction of sp³-hybridized carbons (Fsp3) is 1.00. The third-order valence-electron chi connectivity index (χ3n) is 0.506. The van der Waals surface area contributed by atoms with Crippen LogP contribution in [-0.2, 0) is 4.74 Å². The molecule has 0 N–H and O–H groups in total. The number of rotatable bonds is 3. The average Bonchev–Trinajstić information content (AvgIpc) is 1.56. The minimum Gasteiger partial charge on any atom is -0.238 e. The van der Waals surface area contributed by atoms with Crippen molar-refractivity contribution in [2.24, 2.45) is 0 Å². The van der Waals surface area contributed by atoms with Crippen molar-refractivity contribution in [2.75, 3.05) is 0 Å². The topological polar surface area (TPSA) is 9.23 Å². The Bertz CT molecular complexity index is 134. The normalized spacial score (nSPS) is 16.6. The molecule has 0 bridgehead atoms. The maximum absolute atomic E-state index is 11.8. The van der Waals surface area contributed by atoms with Crippen LogP contribution in [0.1, 0.15) is 0 Å². The van der Waals surface area contributed by atoms with E-state index in [2.05, 4.69) is 16.3 Å². The van der Waals surface area contributed by atoms with Crippen LogP contribution in [0.15, 0.2) is 0 Å². The van der Waals surface area contributed by atoms with Crippen molar-refractivity contribution in [2.45, 2.75) is 16.8 Å². The second-order valence-corrected chi connectivity index (χ2v) is 2.65. The molecule has 1 nitrogen and oxygen atoms in total. The van der Waals surface area contributed by atoms with Crippen molar-refractivity contribution in [3.8, 4) is 0 Å². The number of hydrogen-bond donors (Lipinski definition) is 0. The van der Waals surface area contributed by atoms with Gasteiger partial charge in [0.2, 0.25) is 5.08 Å². The maximum atomic E-state index is 11.8. The van der Waals surface area contributed by atoms with Gasteiger partial charge in [-0.25, -0.2) is 9.13 Å². The standard InChI is InChI=1S/C3HBrClF5O/c4-1(6)2(7,8)11-3(5,9)10/h1H. The molecule has 0 spiro atoms. The molecule has 68 valence electrons. The van der Waals surface area contributed by atoms with Gasteiger partial charge in [0, 0.05) is 0 Å². The molecule has 0 aliphatic carbocycles. The molecule has 1 unspecified atom stereocenters. The quantitative estimate of drug-likeness (QED) is 0.561. The summed E-state index contributed by atoms with van der Waals surface area (Å²) in [4.78, 5) is 0. The van der Waals surface area contributed by atoms with Crippen molar-refractivity contribution in [1.82, 2.24) is 0 Å². The van der Waals surface area contributed by atoms with Crippen LogP contribution in [0, 0.1) is 0 Å². The van der Waals surface area contributed by atoms with Gasteiger partial charge < -0.3 is 0 Å². The van der Waals surface area contributed by atoms with Gasteiger partial charge in [-0.2, -0.15) is 17.6 Å². The van der Waals surface area contributed by atoms with E-state index >= 15 is 0 Å². The van der Waals surface area contributed by atoms with Gasteiger partial charge in [0.25, 0.3) is 0 Å². The van der Waals surface area contributed by atoms with E-state index in [1.165, 1.54) is 0 Å². The molecule has 0 aliphatic rings. The molecule has 1 atom stereocenters. The van der Waals surface area contributed by atoms with Crippen LogP contribution in [0.25, 0.3) is 0 Å². The highest BCUT2D eigenvalue weighted by Gasteiger charge is 2.48. The monoisotopic (exact) mass is 262 g/mol. The van der Waals surface area contributed by atoms with E-state index in [9.17, 15) is 22.0 Å². The molecule has 11 heavy (non-hydrogen) atoms. The molecule has 0 aliphatic heterocycles. The Labute approximate surface area is 71.6 Å². The lowest BCUT2D eigenvalue weighted by Crippen LogP contribution is -2.34. The highest BCUT2D eigenvalue weighted by atomic mass is 79.9. The number of hydrogen-bond acceptors (Lipinski definition) is 1. The van der Waals surface area contributed by atoms with Crippen molar-refractivity contribution >= 4 is 27.5 Å². The lowest BCUT2D eigenvalue weighted by molar-refractivity contribution is -0.347. The first-order valence-corrected chi connectivity index (χ1v) is 3.37. The van der Waals surface area contributed by atoms with Gasteiger partial charge in [-0.15, -0.1) is 0 Å². The smallest absolute Gasteiger partial charge is 0.238 e. The lowest BCUT2D eigenvalue weighted by Gasteiger charge is -2.18. The fourth-order valence-corrected chi connectivity index (χ4v) is 0.395. The number of halogens is 7. The Balaban J connectivity index is 4.13. The number of alkyl halides is 7. The summed E-state index contributed by atoms with van der Waals surface area (Å²) in [5, 5.41) is -3.03. The zero-order valence-electron chi connectivity index (χ0n) is 4.63. The molecule has 8 heteroatoms. The summed E-state index contributed by atoms with van der Waals surface area (Å²) in [6.45, 7) is 0. The predicted molar refractivity (Wildman–Crippen MR) is 30.7 cm³/mol. The molecule has 0 aromatic heterocycles. The molecule has 0 saturated heterocycles. The van der Waals surface area contributed by atoms with E-state index in [1.807, 2.05) is 0 Å². The van der Waals surface area contributed by atoms with Crippen molar-refractivity contribution < 1.29 is 26.7 Å². The van der Waals surface area contributed by atoms with Crippen LogP contribution in [0.4, 0.5) is 22.0 Å². The predicted octanol–water partition coefficient (Wildman–Crippen LogP) is 3.08. The largest absolute Gasteiger partial charge is 0.445 e. The molecule has 0 saturated carbocycles. The van der Waals surface area contributed by atoms with Crippen LogP contribution in [0.3, 0.4) is 0 Å². The van der Waals surface area contributed by atoms with E-state index in [-0.39, 0.29) is 0 Å². The molecule has 0 heterocycles. The van der Waals surface area contributed by atoms with Crippen LogP contribution >= 0.6 is 27.5 Å². The van der Waals surface area contributed by atoms with Crippen LogP contribution in [0.2, 0.25) is 0 Å². The van der Waals surface area contributed by atoms with E-state index < -0.39 is 16.8 Å². The van der Waals surface area contributed by atoms with Gasteiger partial charge in [-0.1, -0.05) is 0 Å². The third-order valence-corrected chi connectivity index (χ3v) is 1.12. The highest BCUT2D eigenvalue weighted by Crippen LogP contribution is 2.35. The number of ether oxygens (including phenoxy) is 1. The van der Waals surface area contributed by atoms with E-state index in [0.29, 0.717) is 0 Å². The van der Waals surface area contributed by atoms with Gasteiger partial charge in [0.1, 0.15) is 0 Å². The Morgan fingerprint density at radius 1 is 1.27 bits per heavy atom. The SMILES string of the molecule is FC(Br)C(F)(F)OC(F)(F)Cl. The summed E-state index contributed by atoms with van der Waals surface area (Å²) in [5.41, 5.74) is -4.58. The first kappa shape index (κ1) is 11.4. The summed E-state index contributed by atoms with van der Waals surface area (Å²) in [5.74, 6) is 0. The molecule has 0 aromatic carbocycles. The Morgan fingerprint density at radius 3 is 1.73 bits per heavy atom. The molecule has 0 fully saturated rings. The molecule has 0 rings (SSSR count). The lowest BCUT2D eigenvalue weighted by atomic mass is 10.7. The van der Waals surface area contributed by atoms with Crippen molar-refractivity contribution in [3.05, 3.63) is 0 Å². The van der Waals surface area contributed by atoms with E-state index in [1.54, 1.807) is 15.9 Å². The van der Waals surface area contributed by atoms with Gasteiger partial charge in [-0.05, 0) is 27.5 Å². The summed E-state index contributed by atoms with van der Waals surface area (Å²) in [7, 11) is 0. The third kappa shape index (κ3) is 4.76. The Kier molecular flexibility index (Phi) is 3.52. The first-order valence-electron chi connectivity index (χ1n) is 2.08. The van der Waals surface area contributed by atoms with Crippen LogP contribution in [-0.4, -0.2) is 16.8 Å². The molecule has 0 aromatic rings. The summed E-state index contributed by atoms with van der Waals surface area (Å²) >= 11 is 5.65. The van der Waals surface area contributed by atoms with Crippen molar-refractivity contribution in [1.29, 1.82) is 0 Å². The van der Waals surface area contributed by atoms with E-state index in [4.69, 9.17) is 0 Å². The summed E-state index contributed by atoms with van der Waals surface area (Å²) in [6.07, 6.45) is -4.65. The zero-order chi connectivity index (χ0) is 9.28. The Morgan fingerprint density at radius 2 is 1.64 bits per heavy atom. The average molecular weight is 263 g/mol. The second kappa shape index (κ2) is 3.40. The zero-order valence-corrected chi connectivity index (χ0v) is 6.97. The van der Waals surface area contributed by atoms with E-state index in [0.717, 1.165) is 0 Å². The summed E-state index contributed by atoms with van der Waals surface area (Å²) in [6, 6.07) is 0. The van der Waals surface area contributed by atoms with Gasteiger partial charge in [-0.3, -0.25) is 0 Å². The summed E-state index contributed by atoms with van der Waals surface area (Å²) < 4.78 is 60.8. The highest BCUT2D eigenvalue weighted by molar-refractivity contribution is 9.09. The first-order chi connectivity index (χ1) is 4.65. The van der Waals surface area contributed by atoms with Gasteiger partial charge in [0.05, 0.1) is 0 Å². The second-order valence-electron chi connectivity index (χ2n) is 1.41. The minimum atomic E-state index is -4.65. The molecule has 0 radical (unpaired) electrons. The van der Waals surface area contributed by atoms with Gasteiger partial charge in [0.15, 0.2) is 0 Å². The van der Waals surface area contributed by atoms with Crippen LogP contribution < -0.4 is 0 Å². The maximum Gasteiger partial charge on any atom is 0.445 e. The Hall–Kier alpha value is 0.380. The molecular weight excluding hydrogens is 262 g/mol. The van der Waals surface area contributed by atoms with Gasteiger partial charge >= 0.3 is 11.7 Å². The minimum absolute atomic E-state index is 1.71. The van der Waals surface area contributed by atoms with Crippen LogP contribution in [0.5, 0.6) is 0 Å². The van der Waals surface area contributed by atoms with Crippen molar-refractivity contribution in [3.63, 3.8) is 0 Å².